The van der Waals surface area contributed by atoms with Crippen molar-refractivity contribution in [2.45, 2.75) is 51.3 Å². The van der Waals surface area contributed by atoms with Crippen molar-refractivity contribution in [1.82, 2.24) is 10.3 Å². The van der Waals surface area contributed by atoms with Crippen molar-refractivity contribution in [2.24, 2.45) is 0 Å². The van der Waals surface area contributed by atoms with Crippen LogP contribution in [0.25, 0.3) is 0 Å². The molecule has 1 aliphatic rings. The van der Waals surface area contributed by atoms with Gasteiger partial charge in [-0.05, 0) is 39.7 Å². The van der Waals surface area contributed by atoms with Crippen LogP contribution in [-0.4, -0.2) is 22.7 Å². The molecule has 0 spiro atoms. The van der Waals surface area contributed by atoms with Gasteiger partial charge < -0.3 is 10.1 Å². The van der Waals surface area contributed by atoms with Crippen molar-refractivity contribution in [3.63, 3.8) is 0 Å². The van der Waals surface area contributed by atoms with Gasteiger partial charge in [-0.25, -0.2) is 4.98 Å². The first-order valence-electron chi connectivity index (χ1n) is 5.88. The number of pyridine rings is 1. The second-order valence-corrected chi connectivity index (χ2v) is 5.47. The first kappa shape index (κ1) is 11.4. The molecule has 3 nitrogen and oxygen atoms in total. The van der Waals surface area contributed by atoms with Crippen LogP contribution in [0.2, 0.25) is 0 Å². The largest absolute Gasteiger partial charge is 0.474 e. The van der Waals surface area contributed by atoms with Crippen LogP contribution in [0.4, 0.5) is 0 Å². The Morgan fingerprint density at radius 1 is 1.31 bits per heavy atom. The molecular weight excluding hydrogens is 200 g/mol. The Morgan fingerprint density at radius 3 is 2.62 bits per heavy atom. The van der Waals surface area contributed by atoms with Crippen LogP contribution in [-0.2, 0) is 0 Å². The van der Waals surface area contributed by atoms with Gasteiger partial charge in [0.2, 0.25) is 5.88 Å². The van der Waals surface area contributed by atoms with E-state index in [1.807, 2.05) is 18.2 Å². The summed E-state index contributed by atoms with van der Waals surface area (Å²) in [6.07, 6.45) is 4.25. The Bertz CT molecular complexity index is 326. The third-order valence-electron chi connectivity index (χ3n) is 2.66. The van der Waals surface area contributed by atoms with Gasteiger partial charge in [0.25, 0.3) is 0 Å². The predicted octanol–water partition coefficient (Wildman–Crippen LogP) is 2.38. The van der Waals surface area contributed by atoms with Gasteiger partial charge in [0.15, 0.2) is 0 Å². The summed E-state index contributed by atoms with van der Waals surface area (Å²) in [5.74, 6) is 0.738. The second kappa shape index (κ2) is 4.42. The number of ether oxygens (including phenoxy) is 1. The number of rotatable bonds is 3. The van der Waals surface area contributed by atoms with E-state index >= 15 is 0 Å². The summed E-state index contributed by atoms with van der Waals surface area (Å²) in [5.41, 5.74) is 0.195. The highest BCUT2D eigenvalue weighted by Gasteiger charge is 2.33. The lowest BCUT2D eigenvalue weighted by Gasteiger charge is -2.39. The highest BCUT2D eigenvalue weighted by Crippen LogP contribution is 2.26. The molecule has 16 heavy (non-hydrogen) atoms. The molecule has 0 amide bonds. The average molecular weight is 220 g/mol. The Labute approximate surface area is 97.2 Å². The lowest BCUT2D eigenvalue weighted by Crippen LogP contribution is -2.53. The SMILES string of the molecule is CC(C)(C)NC1CC(Oc2ccccn2)C1. The van der Waals surface area contributed by atoms with Gasteiger partial charge in [-0.3, -0.25) is 0 Å². The van der Waals surface area contributed by atoms with Crippen LogP contribution in [0.15, 0.2) is 24.4 Å². The van der Waals surface area contributed by atoms with Gasteiger partial charge in [0.1, 0.15) is 6.10 Å². The molecule has 0 bridgehead atoms. The summed E-state index contributed by atoms with van der Waals surface area (Å²) >= 11 is 0. The molecule has 0 saturated heterocycles. The van der Waals surface area contributed by atoms with E-state index in [0.29, 0.717) is 12.1 Å². The van der Waals surface area contributed by atoms with Gasteiger partial charge >= 0.3 is 0 Å². The van der Waals surface area contributed by atoms with E-state index in [9.17, 15) is 0 Å². The van der Waals surface area contributed by atoms with Crippen molar-refractivity contribution < 1.29 is 4.74 Å². The highest BCUT2D eigenvalue weighted by atomic mass is 16.5. The molecule has 1 heterocycles. The molecule has 88 valence electrons. The molecule has 1 aromatic heterocycles. The summed E-state index contributed by atoms with van der Waals surface area (Å²) in [4.78, 5) is 4.16. The zero-order chi connectivity index (χ0) is 11.6. The molecule has 1 aliphatic carbocycles. The molecule has 0 radical (unpaired) electrons. The van der Waals surface area contributed by atoms with Crippen molar-refractivity contribution >= 4 is 0 Å². The number of nitrogens with zero attached hydrogens (tertiary/aromatic N) is 1. The van der Waals surface area contributed by atoms with Crippen LogP contribution in [0, 0.1) is 0 Å². The quantitative estimate of drug-likeness (QED) is 0.849. The minimum absolute atomic E-state index is 0.195. The van der Waals surface area contributed by atoms with E-state index < -0.39 is 0 Å². The third kappa shape index (κ3) is 3.20. The van der Waals surface area contributed by atoms with Gasteiger partial charge in [-0.2, -0.15) is 0 Å². The molecule has 0 unspecified atom stereocenters. The summed E-state index contributed by atoms with van der Waals surface area (Å²) < 4.78 is 5.74. The maximum Gasteiger partial charge on any atom is 0.213 e. The molecule has 1 fully saturated rings. The van der Waals surface area contributed by atoms with Gasteiger partial charge in [0, 0.05) is 23.8 Å². The molecule has 0 aromatic carbocycles. The van der Waals surface area contributed by atoms with Crippen molar-refractivity contribution in [3.8, 4) is 5.88 Å². The van der Waals surface area contributed by atoms with Crippen LogP contribution < -0.4 is 10.1 Å². The second-order valence-electron chi connectivity index (χ2n) is 5.47. The van der Waals surface area contributed by atoms with Crippen LogP contribution in [0.5, 0.6) is 5.88 Å². The third-order valence-corrected chi connectivity index (χ3v) is 2.66. The molecule has 3 heteroatoms. The molecule has 0 atom stereocenters. The Hall–Kier alpha value is -1.09. The minimum Gasteiger partial charge on any atom is -0.474 e. The summed E-state index contributed by atoms with van der Waals surface area (Å²) in [7, 11) is 0. The number of nitrogens with one attached hydrogen (secondary N) is 1. The van der Waals surface area contributed by atoms with Crippen LogP contribution in [0.3, 0.4) is 0 Å². The summed E-state index contributed by atoms with van der Waals surface area (Å²) in [6.45, 7) is 6.58. The lowest BCUT2D eigenvalue weighted by atomic mass is 9.87. The fourth-order valence-electron chi connectivity index (χ4n) is 1.98. The molecule has 1 saturated carbocycles. The van der Waals surface area contributed by atoms with E-state index in [0.717, 1.165) is 18.7 Å². The summed E-state index contributed by atoms with van der Waals surface area (Å²) in [5, 5.41) is 3.57. The minimum atomic E-state index is 0.195. The standard InChI is InChI=1S/C13H20N2O/c1-13(2,3)15-10-8-11(9-10)16-12-6-4-5-7-14-12/h4-7,10-11,15H,8-9H2,1-3H3. The molecule has 1 aromatic rings. The fourth-order valence-corrected chi connectivity index (χ4v) is 1.98. The lowest BCUT2D eigenvalue weighted by molar-refractivity contribution is 0.0694. The maximum absolute atomic E-state index is 5.74. The predicted molar refractivity (Wildman–Crippen MR) is 64.6 cm³/mol. The number of aromatic nitrogens is 1. The fraction of sp³-hybridized carbons (Fsp3) is 0.615. The first-order valence-corrected chi connectivity index (χ1v) is 5.88. The van der Waals surface area contributed by atoms with E-state index in [1.165, 1.54) is 0 Å². The van der Waals surface area contributed by atoms with E-state index in [4.69, 9.17) is 4.74 Å². The number of hydrogen-bond acceptors (Lipinski definition) is 3. The van der Waals surface area contributed by atoms with E-state index in [-0.39, 0.29) is 5.54 Å². The molecule has 1 N–H and O–H groups in total. The van der Waals surface area contributed by atoms with Crippen molar-refractivity contribution in [1.29, 1.82) is 0 Å². The topological polar surface area (TPSA) is 34.1 Å². The van der Waals surface area contributed by atoms with Crippen molar-refractivity contribution in [2.75, 3.05) is 0 Å². The summed E-state index contributed by atoms with van der Waals surface area (Å²) in [6, 6.07) is 6.35. The first-order chi connectivity index (χ1) is 7.53. The Balaban J connectivity index is 1.73. The zero-order valence-electron chi connectivity index (χ0n) is 10.2. The number of hydrogen-bond donors (Lipinski definition) is 1. The smallest absolute Gasteiger partial charge is 0.213 e. The normalized spacial score (nSPS) is 24.9. The van der Waals surface area contributed by atoms with Crippen LogP contribution >= 0.6 is 0 Å². The maximum atomic E-state index is 5.74. The molecular formula is C13H20N2O. The van der Waals surface area contributed by atoms with Crippen LogP contribution in [0.1, 0.15) is 33.6 Å². The van der Waals surface area contributed by atoms with Gasteiger partial charge in [-0.1, -0.05) is 6.07 Å². The molecule has 2 rings (SSSR count). The monoisotopic (exact) mass is 220 g/mol. The zero-order valence-corrected chi connectivity index (χ0v) is 10.2. The van der Waals surface area contributed by atoms with Crippen molar-refractivity contribution in [3.05, 3.63) is 24.4 Å². The average Bonchev–Trinajstić information content (AvgIpc) is 2.14. The molecule has 0 aliphatic heterocycles. The van der Waals surface area contributed by atoms with E-state index in [2.05, 4.69) is 31.1 Å². The van der Waals surface area contributed by atoms with Gasteiger partial charge in [0.05, 0.1) is 0 Å². The van der Waals surface area contributed by atoms with E-state index in [1.54, 1.807) is 6.20 Å². The Morgan fingerprint density at radius 2 is 2.06 bits per heavy atom. The van der Waals surface area contributed by atoms with Gasteiger partial charge in [-0.15, -0.1) is 0 Å². The Kier molecular flexibility index (Phi) is 3.15. The highest BCUT2D eigenvalue weighted by molar-refractivity contribution is 5.10.